The number of carbonyl (C=O) groups excluding carboxylic acids is 1. The van der Waals surface area contributed by atoms with Crippen LogP contribution < -0.4 is 10.6 Å². The van der Waals surface area contributed by atoms with Gasteiger partial charge in [-0.15, -0.1) is 0 Å². The predicted octanol–water partition coefficient (Wildman–Crippen LogP) is 2.59. The number of guanidine groups is 1. The van der Waals surface area contributed by atoms with Crippen molar-refractivity contribution in [2.45, 2.75) is 51.6 Å². The minimum absolute atomic E-state index is 0.186. The van der Waals surface area contributed by atoms with Gasteiger partial charge < -0.3 is 15.5 Å². The van der Waals surface area contributed by atoms with E-state index >= 15 is 0 Å². The van der Waals surface area contributed by atoms with Crippen molar-refractivity contribution in [2.75, 3.05) is 20.1 Å². The summed E-state index contributed by atoms with van der Waals surface area (Å²) in [5.41, 5.74) is 1.65. The molecular formula is C20H29FN4O. The van der Waals surface area contributed by atoms with E-state index in [1.54, 1.807) is 20.0 Å². The Morgan fingerprint density at radius 3 is 2.77 bits per heavy atom. The average Bonchev–Trinajstić information content (AvgIpc) is 3.33. The molecule has 1 aliphatic heterocycles. The van der Waals surface area contributed by atoms with Crippen molar-refractivity contribution in [2.24, 2.45) is 10.9 Å². The monoisotopic (exact) mass is 360 g/mol. The van der Waals surface area contributed by atoms with Crippen LogP contribution in [0.5, 0.6) is 0 Å². The Morgan fingerprint density at radius 1 is 1.31 bits per heavy atom. The summed E-state index contributed by atoms with van der Waals surface area (Å²) in [4.78, 5) is 18.8. The molecule has 142 valence electrons. The minimum atomic E-state index is -0.186. The number of nitrogens with zero attached hydrogens (tertiary/aromatic N) is 2. The first-order valence-electron chi connectivity index (χ1n) is 9.58. The Hall–Kier alpha value is -2.11. The first-order valence-corrected chi connectivity index (χ1v) is 9.58. The van der Waals surface area contributed by atoms with Gasteiger partial charge in [-0.1, -0.05) is 25.0 Å². The molecule has 0 aromatic heterocycles. The fourth-order valence-electron chi connectivity index (χ4n) is 3.90. The fraction of sp³-hybridized carbons (Fsp3) is 0.600. The normalized spacial score (nSPS) is 21.3. The molecule has 1 amide bonds. The molecule has 1 aliphatic carbocycles. The minimum Gasteiger partial charge on any atom is -0.352 e. The molecule has 5 nitrogen and oxygen atoms in total. The summed E-state index contributed by atoms with van der Waals surface area (Å²) >= 11 is 0. The summed E-state index contributed by atoms with van der Waals surface area (Å²) in [5, 5.41) is 6.68. The molecule has 3 rings (SSSR count). The molecule has 6 heteroatoms. The van der Waals surface area contributed by atoms with Crippen LogP contribution in [0.2, 0.25) is 0 Å². The lowest BCUT2D eigenvalue weighted by molar-refractivity contribution is -0.134. The van der Waals surface area contributed by atoms with E-state index in [1.807, 2.05) is 11.0 Å². The Bertz CT molecular complexity index is 670. The molecule has 2 N–H and O–H groups in total. The first-order chi connectivity index (χ1) is 12.6. The lowest BCUT2D eigenvalue weighted by Gasteiger charge is -2.21. The van der Waals surface area contributed by atoms with Crippen LogP contribution in [0.3, 0.4) is 0 Å². The van der Waals surface area contributed by atoms with E-state index in [4.69, 9.17) is 0 Å². The first kappa shape index (κ1) is 18.7. The van der Waals surface area contributed by atoms with Gasteiger partial charge in [-0.2, -0.15) is 0 Å². The van der Waals surface area contributed by atoms with Crippen molar-refractivity contribution in [3.8, 4) is 0 Å². The van der Waals surface area contributed by atoms with E-state index in [9.17, 15) is 9.18 Å². The van der Waals surface area contributed by atoms with Crippen LogP contribution in [0.25, 0.3) is 0 Å². The molecule has 0 spiro atoms. The zero-order valence-corrected chi connectivity index (χ0v) is 15.7. The van der Waals surface area contributed by atoms with E-state index in [0.29, 0.717) is 24.0 Å². The second kappa shape index (κ2) is 8.52. The van der Waals surface area contributed by atoms with Crippen LogP contribution in [0.1, 0.15) is 43.2 Å². The number of nitrogens with one attached hydrogen (secondary N) is 2. The number of likely N-dealkylation sites (tertiary alicyclic amines) is 1. The van der Waals surface area contributed by atoms with Gasteiger partial charge in [0.25, 0.3) is 0 Å². The third-order valence-electron chi connectivity index (χ3n) is 5.45. The number of hydrogen-bond donors (Lipinski definition) is 2. The van der Waals surface area contributed by atoms with Crippen LogP contribution in [0.4, 0.5) is 4.39 Å². The van der Waals surface area contributed by atoms with Gasteiger partial charge in [0.1, 0.15) is 5.82 Å². The SMILES string of the molecule is CN=C(NCc1ccc(F)c(C)c1)NC1CCN(C(=O)C2CCCC2)C1. The standard InChI is InChI=1S/C20H29FN4O/c1-14-11-15(7-8-18(14)21)12-23-20(22-2)24-17-9-10-25(13-17)19(26)16-5-3-4-6-16/h7-8,11,16-17H,3-6,9-10,12-13H2,1-2H3,(H2,22,23,24). The van der Waals surface area contributed by atoms with E-state index < -0.39 is 0 Å². The van der Waals surface area contributed by atoms with E-state index in [2.05, 4.69) is 15.6 Å². The number of rotatable bonds is 4. The van der Waals surface area contributed by atoms with Gasteiger partial charge in [-0.3, -0.25) is 9.79 Å². The third kappa shape index (κ3) is 4.54. The van der Waals surface area contributed by atoms with Crippen molar-refractivity contribution in [1.29, 1.82) is 0 Å². The highest BCUT2D eigenvalue weighted by molar-refractivity contribution is 5.81. The molecule has 1 aromatic rings. The fourth-order valence-corrected chi connectivity index (χ4v) is 3.90. The van der Waals surface area contributed by atoms with Crippen molar-refractivity contribution in [3.05, 3.63) is 35.1 Å². The van der Waals surface area contributed by atoms with Gasteiger partial charge in [0.15, 0.2) is 5.96 Å². The molecule has 1 aromatic carbocycles. The third-order valence-corrected chi connectivity index (χ3v) is 5.45. The van der Waals surface area contributed by atoms with Crippen molar-refractivity contribution in [3.63, 3.8) is 0 Å². The number of hydrogen-bond acceptors (Lipinski definition) is 2. The highest BCUT2D eigenvalue weighted by atomic mass is 19.1. The predicted molar refractivity (Wildman–Crippen MR) is 101 cm³/mol. The molecule has 26 heavy (non-hydrogen) atoms. The van der Waals surface area contributed by atoms with Gasteiger partial charge >= 0.3 is 0 Å². The zero-order valence-electron chi connectivity index (χ0n) is 15.7. The topological polar surface area (TPSA) is 56.7 Å². The second-order valence-corrected chi connectivity index (χ2v) is 7.40. The Morgan fingerprint density at radius 2 is 2.08 bits per heavy atom. The molecule has 1 saturated heterocycles. The number of carbonyl (C=O) groups is 1. The number of benzene rings is 1. The molecule has 0 radical (unpaired) electrons. The van der Waals surface area contributed by atoms with Gasteiger partial charge in [-0.25, -0.2) is 4.39 Å². The zero-order chi connectivity index (χ0) is 18.5. The largest absolute Gasteiger partial charge is 0.352 e. The summed E-state index contributed by atoms with van der Waals surface area (Å²) in [6.07, 6.45) is 5.41. The van der Waals surface area contributed by atoms with Crippen LogP contribution in [-0.2, 0) is 11.3 Å². The van der Waals surface area contributed by atoms with Crippen LogP contribution in [-0.4, -0.2) is 42.9 Å². The number of aliphatic imine (C=N–C) groups is 1. The summed E-state index contributed by atoms with van der Waals surface area (Å²) < 4.78 is 13.4. The smallest absolute Gasteiger partial charge is 0.225 e. The Balaban J connectivity index is 1.47. The lowest BCUT2D eigenvalue weighted by Crippen LogP contribution is -2.45. The van der Waals surface area contributed by atoms with E-state index in [1.165, 1.54) is 18.9 Å². The summed E-state index contributed by atoms with van der Waals surface area (Å²) in [7, 11) is 1.74. The molecule has 2 aliphatic rings. The number of aryl methyl sites for hydroxylation is 1. The molecule has 1 heterocycles. The quantitative estimate of drug-likeness (QED) is 0.641. The van der Waals surface area contributed by atoms with Crippen molar-refractivity contribution in [1.82, 2.24) is 15.5 Å². The van der Waals surface area contributed by atoms with Crippen LogP contribution >= 0.6 is 0 Å². The van der Waals surface area contributed by atoms with Gasteiger partial charge in [0.05, 0.1) is 0 Å². The van der Waals surface area contributed by atoms with Crippen molar-refractivity contribution >= 4 is 11.9 Å². The lowest BCUT2D eigenvalue weighted by atomic mass is 10.1. The maximum Gasteiger partial charge on any atom is 0.225 e. The van der Waals surface area contributed by atoms with Gasteiger partial charge in [0, 0.05) is 38.6 Å². The number of amides is 1. The molecule has 1 saturated carbocycles. The highest BCUT2D eigenvalue weighted by Crippen LogP contribution is 2.27. The van der Waals surface area contributed by atoms with Gasteiger partial charge in [0.2, 0.25) is 5.91 Å². The summed E-state index contributed by atoms with van der Waals surface area (Å²) in [5.74, 6) is 1.10. The van der Waals surface area contributed by atoms with Crippen LogP contribution in [0.15, 0.2) is 23.2 Å². The molecule has 2 fully saturated rings. The van der Waals surface area contributed by atoms with E-state index in [0.717, 1.165) is 37.9 Å². The van der Waals surface area contributed by atoms with Crippen LogP contribution in [0, 0.1) is 18.7 Å². The maximum absolute atomic E-state index is 13.4. The second-order valence-electron chi connectivity index (χ2n) is 7.40. The Kier molecular flexibility index (Phi) is 6.12. The summed E-state index contributed by atoms with van der Waals surface area (Å²) in [6, 6.07) is 5.33. The van der Waals surface area contributed by atoms with E-state index in [-0.39, 0.29) is 17.8 Å². The molecule has 1 unspecified atom stereocenters. The molecule has 1 atom stereocenters. The molecule has 0 bridgehead atoms. The maximum atomic E-state index is 13.4. The summed E-state index contributed by atoms with van der Waals surface area (Å²) in [6.45, 7) is 3.91. The Labute approximate surface area is 155 Å². The highest BCUT2D eigenvalue weighted by Gasteiger charge is 2.32. The van der Waals surface area contributed by atoms with Crippen molar-refractivity contribution < 1.29 is 9.18 Å². The van der Waals surface area contributed by atoms with Gasteiger partial charge in [-0.05, 0) is 43.4 Å². The molecular weight excluding hydrogens is 331 g/mol. The average molecular weight is 360 g/mol. The number of halogens is 1.